The minimum Gasteiger partial charge on any atom is -0.463 e. The molecule has 3 heterocycles. The van der Waals surface area contributed by atoms with Gasteiger partial charge in [0.15, 0.2) is 4.80 Å². The number of allylic oxidation sites excluding steroid dienone is 1. The smallest absolute Gasteiger partial charge is 0.338 e. The van der Waals surface area contributed by atoms with Crippen LogP contribution in [0.15, 0.2) is 90.6 Å². The highest BCUT2D eigenvalue weighted by Crippen LogP contribution is 2.32. The molecule has 0 N–H and O–H groups in total. The molecule has 0 spiro atoms. The molecular weight excluding hydrogens is 584 g/mol. The van der Waals surface area contributed by atoms with Crippen molar-refractivity contribution in [1.29, 1.82) is 0 Å². The van der Waals surface area contributed by atoms with Crippen molar-refractivity contribution in [2.24, 2.45) is 4.99 Å². The van der Waals surface area contributed by atoms with E-state index in [1.54, 1.807) is 50.3 Å². The summed E-state index contributed by atoms with van der Waals surface area (Å²) in [5.41, 5.74) is 1.97. The van der Waals surface area contributed by atoms with Crippen LogP contribution in [0.4, 0.5) is 0 Å². The molecule has 2 aromatic heterocycles. The van der Waals surface area contributed by atoms with E-state index >= 15 is 0 Å². The van der Waals surface area contributed by atoms with Crippen LogP contribution in [0.25, 0.3) is 17.4 Å². The third kappa shape index (κ3) is 5.43. The van der Waals surface area contributed by atoms with Gasteiger partial charge in [-0.15, -0.1) is 0 Å². The topological polar surface area (TPSA) is 100 Å². The van der Waals surface area contributed by atoms with Crippen molar-refractivity contribution in [2.75, 3.05) is 6.61 Å². The number of nitrogens with zero attached hydrogens (tertiary/aromatic N) is 2. The number of benzene rings is 2. The van der Waals surface area contributed by atoms with Crippen molar-refractivity contribution >= 4 is 45.3 Å². The molecular formula is C29H23BrN2O6S. The number of fused-ring (bicyclic) bond motifs is 1. The Morgan fingerprint density at radius 3 is 2.49 bits per heavy atom. The summed E-state index contributed by atoms with van der Waals surface area (Å²) in [7, 11) is 0. The summed E-state index contributed by atoms with van der Waals surface area (Å²) >= 11 is 4.64. The molecule has 0 saturated carbocycles. The van der Waals surface area contributed by atoms with Gasteiger partial charge in [-0.3, -0.25) is 14.2 Å². The Morgan fingerprint density at radius 2 is 1.82 bits per heavy atom. The maximum Gasteiger partial charge on any atom is 0.338 e. The Labute approximate surface area is 235 Å². The first-order chi connectivity index (χ1) is 18.7. The van der Waals surface area contributed by atoms with E-state index in [0.717, 1.165) is 10.0 Å². The van der Waals surface area contributed by atoms with Gasteiger partial charge < -0.3 is 13.9 Å². The number of rotatable bonds is 6. The molecule has 0 unspecified atom stereocenters. The summed E-state index contributed by atoms with van der Waals surface area (Å²) in [4.78, 5) is 43.2. The summed E-state index contributed by atoms with van der Waals surface area (Å²) in [5.74, 6) is 0.554. The Balaban J connectivity index is 1.61. The highest BCUT2D eigenvalue weighted by atomic mass is 79.9. The molecule has 39 heavy (non-hydrogen) atoms. The van der Waals surface area contributed by atoms with Gasteiger partial charge in [-0.05, 0) is 55.8 Å². The largest absolute Gasteiger partial charge is 0.463 e. The van der Waals surface area contributed by atoms with E-state index in [-0.39, 0.29) is 17.7 Å². The van der Waals surface area contributed by atoms with Crippen LogP contribution in [-0.2, 0) is 14.3 Å². The van der Waals surface area contributed by atoms with E-state index < -0.39 is 18.0 Å². The number of thiazole rings is 1. The molecule has 10 heteroatoms. The number of carbonyl (C=O) groups is 2. The number of ether oxygens (including phenoxy) is 2. The first-order valence-corrected chi connectivity index (χ1v) is 13.7. The van der Waals surface area contributed by atoms with Gasteiger partial charge in [-0.2, -0.15) is 0 Å². The Morgan fingerprint density at radius 1 is 1.10 bits per heavy atom. The number of halogens is 1. The Bertz CT molecular complexity index is 1780. The van der Waals surface area contributed by atoms with Gasteiger partial charge in [0, 0.05) is 23.0 Å². The van der Waals surface area contributed by atoms with Gasteiger partial charge in [0.05, 0.1) is 28.5 Å². The minimum atomic E-state index is -0.774. The molecule has 0 amide bonds. The summed E-state index contributed by atoms with van der Waals surface area (Å²) in [6, 6.07) is 17.3. The average Bonchev–Trinajstić information content (AvgIpc) is 3.48. The molecule has 4 aromatic rings. The predicted molar refractivity (Wildman–Crippen MR) is 150 cm³/mol. The second-order valence-corrected chi connectivity index (χ2v) is 10.6. The van der Waals surface area contributed by atoms with Crippen molar-refractivity contribution in [3.63, 3.8) is 0 Å². The fourth-order valence-electron chi connectivity index (χ4n) is 4.32. The third-order valence-corrected chi connectivity index (χ3v) is 7.51. The predicted octanol–water partition coefficient (Wildman–Crippen LogP) is 4.75. The lowest BCUT2D eigenvalue weighted by molar-refractivity contribution is -0.139. The molecule has 0 bridgehead atoms. The molecule has 1 aliphatic rings. The van der Waals surface area contributed by atoms with Crippen LogP contribution >= 0.6 is 27.3 Å². The second-order valence-electron chi connectivity index (χ2n) is 8.67. The van der Waals surface area contributed by atoms with E-state index in [1.165, 1.54) is 22.8 Å². The molecule has 0 radical (unpaired) electrons. The van der Waals surface area contributed by atoms with Crippen molar-refractivity contribution < 1.29 is 23.5 Å². The molecule has 0 saturated heterocycles. The fraction of sp³-hybridized carbons (Fsp3) is 0.172. The van der Waals surface area contributed by atoms with E-state index in [9.17, 15) is 14.4 Å². The maximum absolute atomic E-state index is 13.8. The number of carbonyl (C=O) groups excluding carboxylic acids is 2. The Kier molecular flexibility index (Phi) is 7.49. The standard InChI is InChI=1S/C29H23BrN2O6S/c1-4-36-28(35)25-16(2)31-29-32(26(25)19-7-11-21(12-8-19)37-17(3)33)27(34)24(39-29)15-22-13-14-23(38-22)18-5-9-20(30)10-6-18/h5-15,26H,4H2,1-3H3/b24-15+/t26-/m1/s1. The number of furan rings is 1. The van der Waals surface area contributed by atoms with Crippen LogP contribution in [0.2, 0.25) is 0 Å². The normalized spacial score (nSPS) is 15.1. The summed E-state index contributed by atoms with van der Waals surface area (Å²) in [6.07, 6.45) is 1.68. The lowest BCUT2D eigenvalue weighted by atomic mass is 9.96. The van der Waals surface area contributed by atoms with Gasteiger partial charge in [-0.1, -0.05) is 51.5 Å². The lowest BCUT2D eigenvalue weighted by Gasteiger charge is -2.24. The van der Waals surface area contributed by atoms with Gasteiger partial charge in [0.1, 0.15) is 17.3 Å². The molecule has 1 aliphatic heterocycles. The quantitative estimate of drug-likeness (QED) is 0.232. The highest BCUT2D eigenvalue weighted by Gasteiger charge is 2.33. The van der Waals surface area contributed by atoms with Crippen LogP contribution in [0, 0.1) is 0 Å². The molecule has 8 nitrogen and oxygen atoms in total. The van der Waals surface area contributed by atoms with E-state index in [2.05, 4.69) is 20.9 Å². The summed E-state index contributed by atoms with van der Waals surface area (Å²) in [6.45, 7) is 4.94. The Hall–Kier alpha value is -4.02. The van der Waals surface area contributed by atoms with Gasteiger partial charge in [0.25, 0.3) is 5.56 Å². The average molecular weight is 607 g/mol. The number of hydrogen-bond donors (Lipinski definition) is 0. The summed E-state index contributed by atoms with van der Waals surface area (Å²) < 4.78 is 19.3. The zero-order valence-corrected chi connectivity index (χ0v) is 23.7. The molecule has 198 valence electrons. The van der Waals surface area contributed by atoms with Crippen molar-refractivity contribution in [1.82, 2.24) is 4.57 Å². The van der Waals surface area contributed by atoms with E-state index in [1.807, 2.05) is 30.3 Å². The fourth-order valence-corrected chi connectivity index (χ4v) is 5.61. The SMILES string of the molecule is CCOC(=O)C1=C(C)N=c2s/c(=C/c3ccc(-c4ccc(Br)cc4)o3)c(=O)n2[C@@H]1c1ccc(OC(C)=O)cc1. The van der Waals surface area contributed by atoms with Gasteiger partial charge in [-0.25, -0.2) is 9.79 Å². The zero-order valence-electron chi connectivity index (χ0n) is 21.3. The van der Waals surface area contributed by atoms with E-state index in [4.69, 9.17) is 13.9 Å². The number of aromatic nitrogens is 1. The van der Waals surface area contributed by atoms with E-state index in [0.29, 0.717) is 37.9 Å². The number of esters is 2. The van der Waals surface area contributed by atoms with Crippen LogP contribution in [0.1, 0.15) is 38.1 Å². The third-order valence-electron chi connectivity index (χ3n) is 6.00. The lowest BCUT2D eigenvalue weighted by Crippen LogP contribution is -2.39. The molecule has 2 aromatic carbocycles. The zero-order chi connectivity index (χ0) is 27.7. The van der Waals surface area contributed by atoms with Crippen molar-refractivity contribution in [3.8, 4) is 17.1 Å². The second kappa shape index (κ2) is 11.0. The molecule has 1 atom stereocenters. The van der Waals surface area contributed by atoms with Crippen LogP contribution < -0.4 is 19.6 Å². The molecule has 0 aliphatic carbocycles. The minimum absolute atomic E-state index is 0.178. The van der Waals surface area contributed by atoms with Crippen LogP contribution in [0.5, 0.6) is 5.75 Å². The van der Waals surface area contributed by atoms with Crippen LogP contribution in [0.3, 0.4) is 0 Å². The van der Waals surface area contributed by atoms with Crippen LogP contribution in [-0.4, -0.2) is 23.1 Å². The first-order valence-electron chi connectivity index (χ1n) is 12.1. The maximum atomic E-state index is 13.8. The monoisotopic (exact) mass is 606 g/mol. The van der Waals surface area contributed by atoms with Gasteiger partial charge >= 0.3 is 11.9 Å². The summed E-state index contributed by atoms with van der Waals surface area (Å²) in [5, 5.41) is 0. The van der Waals surface area contributed by atoms with Gasteiger partial charge in [0.2, 0.25) is 0 Å². The first kappa shape index (κ1) is 26.6. The van der Waals surface area contributed by atoms with Crippen molar-refractivity contribution in [2.45, 2.75) is 26.8 Å². The highest BCUT2D eigenvalue weighted by molar-refractivity contribution is 9.10. The van der Waals surface area contributed by atoms with Crippen molar-refractivity contribution in [3.05, 3.63) is 107 Å². The number of hydrogen-bond acceptors (Lipinski definition) is 8. The molecule has 0 fully saturated rings. The molecule has 5 rings (SSSR count).